The summed E-state index contributed by atoms with van der Waals surface area (Å²) in [5.41, 5.74) is 5.13. The quantitative estimate of drug-likeness (QED) is 0.224. The lowest BCUT2D eigenvalue weighted by atomic mass is 10.4. The molecule has 1 aromatic heterocycles. The number of amides is 1. The predicted molar refractivity (Wildman–Crippen MR) is 101 cm³/mol. The topological polar surface area (TPSA) is 102 Å². The number of nitrogens with one attached hydrogen (secondary N) is 2. The highest BCUT2D eigenvalue weighted by atomic mass is 127. The summed E-state index contributed by atoms with van der Waals surface area (Å²) in [5, 5.41) is 6.29. The molecule has 0 bridgehead atoms. The van der Waals surface area contributed by atoms with Gasteiger partial charge in [0.2, 0.25) is 0 Å². The standard InChI is InChI=1S/C15H26N4O3.HI/c1-3-4-9-21-10-5-8-18-15(17-2)19-11-12-6-7-13(22-12)14(16)20;/h6-7H,3-5,8-11H2,1-2H3,(H2,16,20)(H2,17,18,19);1H. The zero-order chi connectivity index (χ0) is 16.2. The third-order valence-electron chi connectivity index (χ3n) is 2.96. The molecule has 132 valence electrons. The van der Waals surface area contributed by atoms with Gasteiger partial charge in [-0.05, 0) is 25.0 Å². The molecule has 0 radical (unpaired) electrons. The molecule has 23 heavy (non-hydrogen) atoms. The number of guanidine groups is 1. The number of ether oxygens (including phenoxy) is 1. The summed E-state index contributed by atoms with van der Waals surface area (Å²) >= 11 is 0. The predicted octanol–water partition coefficient (Wildman–Crippen LogP) is 1.87. The summed E-state index contributed by atoms with van der Waals surface area (Å²) in [5.74, 6) is 0.881. The van der Waals surface area contributed by atoms with Crippen molar-refractivity contribution in [3.05, 3.63) is 23.7 Å². The van der Waals surface area contributed by atoms with E-state index >= 15 is 0 Å². The summed E-state index contributed by atoms with van der Waals surface area (Å²) in [7, 11) is 1.70. The SMILES string of the molecule is CCCCOCCCNC(=NC)NCc1ccc(C(N)=O)o1.I. The van der Waals surface area contributed by atoms with Gasteiger partial charge in [-0.3, -0.25) is 9.79 Å². The minimum Gasteiger partial charge on any atom is -0.454 e. The summed E-state index contributed by atoms with van der Waals surface area (Å²) in [6, 6.07) is 3.27. The van der Waals surface area contributed by atoms with Crippen LogP contribution in [-0.2, 0) is 11.3 Å². The van der Waals surface area contributed by atoms with Crippen molar-refractivity contribution in [2.45, 2.75) is 32.7 Å². The Bertz CT molecular complexity index is 477. The highest BCUT2D eigenvalue weighted by molar-refractivity contribution is 14.0. The van der Waals surface area contributed by atoms with Gasteiger partial charge >= 0.3 is 0 Å². The van der Waals surface area contributed by atoms with Crippen LogP contribution in [0.2, 0.25) is 0 Å². The van der Waals surface area contributed by atoms with E-state index in [1.807, 2.05) is 0 Å². The number of halogens is 1. The first kappa shape index (κ1) is 21.7. The maximum Gasteiger partial charge on any atom is 0.284 e. The normalized spacial score (nSPS) is 11.0. The summed E-state index contributed by atoms with van der Waals surface area (Å²) in [6.07, 6.45) is 3.17. The van der Waals surface area contributed by atoms with Crippen LogP contribution in [-0.4, -0.2) is 38.7 Å². The van der Waals surface area contributed by atoms with E-state index in [2.05, 4.69) is 22.5 Å². The maximum atomic E-state index is 10.9. The first-order valence-electron chi connectivity index (χ1n) is 7.58. The van der Waals surface area contributed by atoms with Crippen LogP contribution < -0.4 is 16.4 Å². The third-order valence-corrected chi connectivity index (χ3v) is 2.96. The Morgan fingerprint density at radius 2 is 2.04 bits per heavy atom. The molecule has 0 aliphatic carbocycles. The van der Waals surface area contributed by atoms with Crippen molar-refractivity contribution >= 4 is 35.8 Å². The van der Waals surface area contributed by atoms with Crippen LogP contribution in [0.4, 0.5) is 0 Å². The average molecular weight is 438 g/mol. The Balaban J connectivity index is 0.00000484. The molecule has 0 atom stereocenters. The number of nitrogens with two attached hydrogens (primary N) is 1. The lowest BCUT2D eigenvalue weighted by Gasteiger charge is -2.11. The first-order valence-corrected chi connectivity index (χ1v) is 7.58. The smallest absolute Gasteiger partial charge is 0.284 e. The van der Waals surface area contributed by atoms with E-state index in [1.54, 1.807) is 19.2 Å². The van der Waals surface area contributed by atoms with E-state index in [1.165, 1.54) is 0 Å². The number of furan rings is 1. The van der Waals surface area contributed by atoms with E-state index in [9.17, 15) is 4.79 Å². The van der Waals surface area contributed by atoms with E-state index in [0.717, 1.165) is 39.0 Å². The van der Waals surface area contributed by atoms with Gasteiger partial charge in [0, 0.05) is 26.8 Å². The van der Waals surface area contributed by atoms with Crippen LogP contribution in [0.25, 0.3) is 0 Å². The number of aliphatic imine (C=N–C) groups is 1. The van der Waals surface area contributed by atoms with Gasteiger partial charge in [0.15, 0.2) is 11.7 Å². The molecule has 1 rings (SSSR count). The molecule has 0 aliphatic heterocycles. The van der Waals surface area contributed by atoms with Crippen molar-refractivity contribution in [3.8, 4) is 0 Å². The molecule has 0 saturated heterocycles. The number of carbonyl (C=O) groups excluding carboxylic acids is 1. The Kier molecular flexibility index (Phi) is 12.4. The fraction of sp³-hybridized carbons (Fsp3) is 0.600. The largest absolute Gasteiger partial charge is 0.454 e. The van der Waals surface area contributed by atoms with Crippen LogP contribution in [0.5, 0.6) is 0 Å². The monoisotopic (exact) mass is 438 g/mol. The van der Waals surface area contributed by atoms with Gasteiger partial charge in [0.25, 0.3) is 5.91 Å². The molecule has 1 aromatic rings. The van der Waals surface area contributed by atoms with E-state index in [-0.39, 0.29) is 29.7 Å². The lowest BCUT2D eigenvalue weighted by molar-refractivity contribution is 0.0972. The summed E-state index contributed by atoms with van der Waals surface area (Å²) in [4.78, 5) is 15.0. The van der Waals surface area contributed by atoms with Gasteiger partial charge in [0.05, 0.1) is 6.54 Å². The Hall–Kier alpha value is -1.29. The molecular weight excluding hydrogens is 411 g/mol. The van der Waals surface area contributed by atoms with Crippen LogP contribution in [0.1, 0.15) is 42.5 Å². The highest BCUT2D eigenvalue weighted by Crippen LogP contribution is 2.06. The van der Waals surface area contributed by atoms with E-state index < -0.39 is 5.91 Å². The van der Waals surface area contributed by atoms with Crippen molar-refractivity contribution < 1.29 is 13.9 Å². The zero-order valence-corrected chi connectivity index (χ0v) is 16.1. The Morgan fingerprint density at radius 3 is 2.65 bits per heavy atom. The molecule has 7 nitrogen and oxygen atoms in total. The number of carbonyl (C=O) groups is 1. The molecule has 0 aromatic carbocycles. The molecule has 4 N–H and O–H groups in total. The molecule has 0 aliphatic rings. The van der Waals surface area contributed by atoms with Gasteiger partial charge < -0.3 is 25.5 Å². The number of rotatable bonds is 10. The summed E-state index contributed by atoms with van der Waals surface area (Å²) in [6.45, 7) is 4.91. The van der Waals surface area contributed by atoms with E-state index in [0.29, 0.717) is 18.3 Å². The van der Waals surface area contributed by atoms with Crippen molar-refractivity contribution in [1.29, 1.82) is 0 Å². The van der Waals surface area contributed by atoms with E-state index in [4.69, 9.17) is 14.9 Å². The highest BCUT2D eigenvalue weighted by Gasteiger charge is 2.07. The Labute approximate surface area is 154 Å². The van der Waals surface area contributed by atoms with Crippen LogP contribution in [0, 0.1) is 0 Å². The molecule has 1 heterocycles. The third kappa shape index (κ3) is 9.44. The second-order valence-electron chi connectivity index (χ2n) is 4.80. The van der Waals surface area contributed by atoms with Gasteiger partial charge in [-0.2, -0.15) is 0 Å². The van der Waals surface area contributed by atoms with Crippen LogP contribution in [0.3, 0.4) is 0 Å². The molecular formula is C15H27IN4O3. The molecule has 0 fully saturated rings. The molecule has 8 heteroatoms. The van der Waals surface area contributed by atoms with Crippen molar-refractivity contribution in [2.75, 3.05) is 26.8 Å². The van der Waals surface area contributed by atoms with Crippen molar-refractivity contribution in [3.63, 3.8) is 0 Å². The second-order valence-corrected chi connectivity index (χ2v) is 4.80. The van der Waals surface area contributed by atoms with Crippen molar-refractivity contribution in [2.24, 2.45) is 10.7 Å². The minimum atomic E-state index is -0.572. The zero-order valence-electron chi connectivity index (χ0n) is 13.8. The van der Waals surface area contributed by atoms with Crippen molar-refractivity contribution in [1.82, 2.24) is 10.6 Å². The lowest BCUT2D eigenvalue weighted by Crippen LogP contribution is -2.37. The minimum absolute atomic E-state index is 0. The Morgan fingerprint density at radius 1 is 1.30 bits per heavy atom. The fourth-order valence-electron chi connectivity index (χ4n) is 1.73. The van der Waals surface area contributed by atoms with Gasteiger partial charge in [-0.1, -0.05) is 13.3 Å². The second kappa shape index (κ2) is 13.2. The number of nitrogens with zero attached hydrogens (tertiary/aromatic N) is 1. The van der Waals surface area contributed by atoms with Gasteiger partial charge in [-0.15, -0.1) is 24.0 Å². The van der Waals surface area contributed by atoms with Gasteiger partial charge in [0.1, 0.15) is 5.76 Å². The van der Waals surface area contributed by atoms with Crippen LogP contribution >= 0.6 is 24.0 Å². The molecule has 0 spiro atoms. The number of unbranched alkanes of at least 4 members (excludes halogenated alkanes) is 1. The fourth-order valence-corrected chi connectivity index (χ4v) is 1.73. The van der Waals surface area contributed by atoms with Gasteiger partial charge in [-0.25, -0.2) is 0 Å². The average Bonchev–Trinajstić information content (AvgIpc) is 2.98. The first-order chi connectivity index (χ1) is 10.7. The molecule has 0 unspecified atom stereocenters. The molecule has 1 amide bonds. The number of primary amides is 1. The number of hydrogen-bond acceptors (Lipinski definition) is 4. The number of hydrogen-bond donors (Lipinski definition) is 3. The summed E-state index contributed by atoms with van der Waals surface area (Å²) < 4.78 is 10.8. The van der Waals surface area contributed by atoms with Crippen LogP contribution in [0.15, 0.2) is 21.5 Å². The maximum absolute atomic E-state index is 10.9. The molecule has 0 saturated carbocycles.